The van der Waals surface area contributed by atoms with Crippen molar-refractivity contribution >= 4 is 17.8 Å². The van der Waals surface area contributed by atoms with Gasteiger partial charge in [0.2, 0.25) is 0 Å². The number of carbonyl (C=O) groups excluding carboxylic acids is 2. The highest BCUT2D eigenvalue weighted by Gasteiger charge is 2.12. The van der Waals surface area contributed by atoms with E-state index in [0.29, 0.717) is 16.9 Å². The number of nitrogens with zero attached hydrogens (tertiary/aromatic N) is 1. The highest BCUT2D eigenvalue weighted by molar-refractivity contribution is 6.06. The van der Waals surface area contributed by atoms with Crippen LogP contribution >= 0.6 is 0 Å². The van der Waals surface area contributed by atoms with Crippen molar-refractivity contribution in [3.63, 3.8) is 0 Å². The van der Waals surface area contributed by atoms with Gasteiger partial charge in [0.25, 0.3) is 0 Å². The van der Waals surface area contributed by atoms with Gasteiger partial charge < -0.3 is 14.0 Å². The Morgan fingerprint density at radius 1 is 0.935 bits per heavy atom. The van der Waals surface area contributed by atoms with E-state index in [-0.39, 0.29) is 17.9 Å². The normalized spacial score (nSPS) is 11.2. The Balaban J connectivity index is 1.80. The molecule has 0 amide bonds. The van der Waals surface area contributed by atoms with Crippen molar-refractivity contribution in [2.24, 2.45) is 0 Å². The van der Waals surface area contributed by atoms with Gasteiger partial charge in [-0.05, 0) is 100 Å². The van der Waals surface area contributed by atoms with E-state index in [2.05, 4.69) is 4.57 Å². The minimum absolute atomic E-state index is 0.0690. The van der Waals surface area contributed by atoms with Crippen molar-refractivity contribution in [2.75, 3.05) is 7.11 Å². The van der Waals surface area contributed by atoms with Crippen molar-refractivity contribution in [3.05, 3.63) is 88.8 Å². The molecule has 1 aromatic heterocycles. The van der Waals surface area contributed by atoms with E-state index in [1.807, 2.05) is 52.0 Å². The lowest BCUT2D eigenvalue weighted by atomic mass is 10.1. The van der Waals surface area contributed by atoms with Crippen LogP contribution in [-0.4, -0.2) is 29.5 Å². The number of aryl methyl sites for hydroxylation is 1. The zero-order valence-corrected chi connectivity index (χ0v) is 18.5. The summed E-state index contributed by atoms with van der Waals surface area (Å²) in [4.78, 5) is 24.6. The number of allylic oxidation sites excluding steroid dienone is 1. The van der Waals surface area contributed by atoms with E-state index >= 15 is 0 Å². The number of aromatic nitrogens is 1. The minimum atomic E-state index is -0.330. The first-order valence-corrected chi connectivity index (χ1v) is 10.2. The zero-order chi connectivity index (χ0) is 22.5. The lowest BCUT2D eigenvalue weighted by molar-refractivity contribution is 0.0378. The molecule has 0 aliphatic carbocycles. The molecule has 0 bridgehead atoms. The summed E-state index contributed by atoms with van der Waals surface area (Å²) in [7, 11) is 1.59. The molecule has 0 radical (unpaired) electrons. The standard InChI is InChI=1S/C26H27NO4/c1-17(2)31-26(29)21-6-11-23(12-7-21)27-18(3)16-22(19(27)4)10-15-25(28)20-8-13-24(30-5)14-9-20/h6-17H,1-5H3/b15-10+. The van der Waals surface area contributed by atoms with E-state index in [9.17, 15) is 9.59 Å². The fraction of sp³-hybridized carbons (Fsp3) is 0.231. The summed E-state index contributed by atoms with van der Waals surface area (Å²) < 4.78 is 12.5. The molecule has 160 valence electrons. The van der Waals surface area contributed by atoms with Crippen molar-refractivity contribution in [3.8, 4) is 11.4 Å². The first-order valence-electron chi connectivity index (χ1n) is 10.2. The molecular weight excluding hydrogens is 390 g/mol. The smallest absolute Gasteiger partial charge is 0.338 e. The third-order valence-corrected chi connectivity index (χ3v) is 4.96. The predicted molar refractivity (Wildman–Crippen MR) is 122 cm³/mol. The molecular formula is C26H27NO4. The Bertz CT molecular complexity index is 1100. The van der Waals surface area contributed by atoms with E-state index in [1.165, 1.54) is 0 Å². The third kappa shape index (κ3) is 5.12. The van der Waals surface area contributed by atoms with Crippen LogP contribution in [0.25, 0.3) is 11.8 Å². The molecule has 3 aromatic rings. The van der Waals surface area contributed by atoms with Crippen LogP contribution in [0.3, 0.4) is 0 Å². The molecule has 0 aliphatic heterocycles. The number of benzene rings is 2. The number of ketones is 1. The SMILES string of the molecule is COc1ccc(C(=O)/C=C/c2cc(C)n(-c3ccc(C(=O)OC(C)C)cc3)c2C)cc1. The summed E-state index contributed by atoms with van der Waals surface area (Å²) >= 11 is 0. The average molecular weight is 418 g/mol. The molecule has 0 saturated carbocycles. The van der Waals surface area contributed by atoms with Gasteiger partial charge in [0, 0.05) is 22.6 Å². The Morgan fingerprint density at radius 2 is 1.55 bits per heavy atom. The average Bonchev–Trinajstić information content (AvgIpc) is 3.04. The minimum Gasteiger partial charge on any atom is -0.497 e. The second-order valence-electron chi connectivity index (χ2n) is 7.59. The molecule has 1 heterocycles. The highest BCUT2D eigenvalue weighted by Crippen LogP contribution is 2.23. The Kier molecular flexibility index (Phi) is 6.75. The highest BCUT2D eigenvalue weighted by atomic mass is 16.5. The predicted octanol–water partition coefficient (Wildman–Crippen LogP) is 5.56. The Morgan fingerprint density at radius 3 is 2.13 bits per heavy atom. The van der Waals surface area contributed by atoms with Crippen molar-refractivity contribution in [1.29, 1.82) is 0 Å². The van der Waals surface area contributed by atoms with Gasteiger partial charge in [0.15, 0.2) is 5.78 Å². The molecule has 0 aliphatic rings. The maximum absolute atomic E-state index is 12.5. The number of hydrogen-bond acceptors (Lipinski definition) is 4. The molecule has 0 unspecified atom stereocenters. The first-order chi connectivity index (χ1) is 14.8. The van der Waals surface area contributed by atoms with E-state index in [0.717, 1.165) is 22.6 Å². The molecule has 0 atom stereocenters. The Labute approximate surface area is 182 Å². The number of rotatable bonds is 7. The maximum atomic E-state index is 12.5. The molecule has 0 spiro atoms. The largest absolute Gasteiger partial charge is 0.497 e. The first kappa shape index (κ1) is 22.1. The van der Waals surface area contributed by atoms with Crippen LogP contribution in [0.2, 0.25) is 0 Å². The number of carbonyl (C=O) groups is 2. The van der Waals surface area contributed by atoms with Gasteiger partial charge >= 0.3 is 5.97 Å². The quantitative estimate of drug-likeness (QED) is 0.287. The molecule has 5 nitrogen and oxygen atoms in total. The molecule has 31 heavy (non-hydrogen) atoms. The van der Waals surface area contributed by atoms with Crippen molar-refractivity contribution in [1.82, 2.24) is 4.57 Å². The summed E-state index contributed by atoms with van der Waals surface area (Å²) in [5.74, 6) is 0.316. The summed E-state index contributed by atoms with van der Waals surface area (Å²) in [5, 5.41) is 0. The van der Waals surface area contributed by atoms with Gasteiger partial charge in [-0.2, -0.15) is 0 Å². The molecule has 0 N–H and O–H groups in total. The van der Waals surface area contributed by atoms with Crippen molar-refractivity contribution in [2.45, 2.75) is 33.8 Å². The lowest BCUT2D eigenvalue weighted by Crippen LogP contribution is -2.11. The summed E-state index contributed by atoms with van der Waals surface area (Å²) in [5.41, 5.74) is 5.07. The van der Waals surface area contributed by atoms with E-state index in [4.69, 9.17) is 9.47 Å². The molecule has 3 rings (SSSR count). The Hall–Kier alpha value is -3.60. The van der Waals surface area contributed by atoms with Crippen LogP contribution in [0.15, 0.2) is 60.7 Å². The van der Waals surface area contributed by atoms with Crippen LogP contribution in [-0.2, 0) is 4.74 Å². The second kappa shape index (κ2) is 9.47. The number of ether oxygens (including phenoxy) is 2. The van der Waals surface area contributed by atoms with Gasteiger partial charge in [-0.25, -0.2) is 4.79 Å². The van der Waals surface area contributed by atoms with E-state index in [1.54, 1.807) is 49.6 Å². The van der Waals surface area contributed by atoms with Crippen molar-refractivity contribution < 1.29 is 19.1 Å². The van der Waals surface area contributed by atoms with Crippen LogP contribution in [0.5, 0.6) is 5.75 Å². The summed E-state index contributed by atoms with van der Waals surface area (Å²) in [6, 6.07) is 16.4. The number of hydrogen-bond donors (Lipinski definition) is 0. The second-order valence-corrected chi connectivity index (χ2v) is 7.59. The fourth-order valence-electron chi connectivity index (χ4n) is 3.40. The zero-order valence-electron chi connectivity index (χ0n) is 18.5. The molecule has 0 saturated heterocycles. The van der Waals surface area contributed by atoms with E-state index < -0.39 is 0 Å². The molecule has 0 fully saturated rings. The summed E-state index contributed by atoms with van der Waals surface area (Å²) in [6.07, 6.45) is 3.26. The lowest BCUT2D eigenvalue weighted by Gasteiger charge is -2.11. The number of methoxy groups -OCH3 is 1. The van der Waals surface area contributed by atoms with Crippen LogP contribution in [0.1, 0.15) is 51.5 Å². The van der Waals surface area contributed by atoms with Gasteiger partial charge in [0.1, 0.15) is 5.75 Å². The maximum Gasteiger partial charge on any atom is 0.338 e. The summed E-state index contributed by atoms with van der Waals surface area (Å²) in [6.45, 7) is 7.67. The van der Waals surface area contributed by atoms with Gasteiger partial charge in [0.05, 0.1) is 18.8 Å². The third-order valence-electron chi connectivity index (χ3n) is 4.96. The van der Waals surface area contributed by atoms with Crippen LogP contribution in [0, 0.1) is 13.8 Å². The van der Waals surface area contributed by atoms with Gasteiger partial charge in [-0.1, -0.05) is 0 Å². The monoisotopic (exact) mass is 417 g/mol. The van der Waals surface area contributed by atoms with Crippen LogP contribution in [0.4, 0.5) is 0 Å². The number of esters is 1. The van der Waals surface area contributed by atoms with Crippen LogP contribution < -0.4 is 4.74 Å². The van der Waals surface area contributed by atoms with Gasteiger partial charge in [-0.15, -0.1) is 0 Å². The molecule has 2 aromatic carbocycles. The van der Waals surface area contributed by atoms with Gasteiger partial charge in [-0.3, -0.25) is 4.79 Å². The topological polar surface area (TPSA) is 57.5 Å². The fourth-order valence-corrected chi connectivity index (χ4v) is 3.40. The molecule has 5 heteroatoms.